The number of H-pyrrole nitrogens is 2. The van der Waals surface area contributed by atoms with Crippen molar-refractivity contribution in [1.82, 2.24) is 57.2 Å². The number of nitrogens with zero attached hydrogens (tertiary/aromatic N) is 2. The van der Waals surface area contributed by atoms with Crippen LogP contribution in [0.25, 0.3) is 90.9 Å². The first-order valence-corrected chi connectivity index (χ1v) is 38.6. The van der Waals surface area contributed by atoms with Gasteiger partial charge in [0.1, 0.15) is 42.3 Å². The maximum Gasteiger partial charge on any atom is 0.245 e. The smallest absolute Gasteiger partial charge is 0.245 e. The molecule has 0 unspecified atom stereocenters. The predicted octanol–water partition coefficient (Wildman–Crippen LogP) is 9.04. The Bertz CT molecular complexity index is 4680. The molecule has 8 bridgehead atoms. The first kappa shape index (κ1) is 83.0. The normalized spacial score (nSPS) is 13.7. The molecule has 3 aromatic heterocycles. The number of thioether (sulfide) groups is 1. The number of aliphatic hydroxyl groups is 1. The van der Waals surface area contributed by atoms with Crippen molar-refractivity contribution in [3.8, 4) is 44.5 Å². The molecule has 580 valence electrons. The van der Waals surface area contributed by atoms with Crippen molar-refractivity contribution in [2.24, 2.45) is 35.0 Å². The van der Waals surface area contributed by atoms with Crippen LogP contribution in [0.3, 0.4) is 0 Å². The molecule has 110 heavy (non-hydrogen) atoms. The number of anilines is 1. The number of nitrogens with two attached hydrogens (primary N) is 3. The number of carbonyl (C=O) groups is 9. The van der Waals surface area contributed by atoms with E-state index in [1.807, 2.05) is 30.4 Å². The minimum Gasteiger partial charge on any atom is -0.394 e. The van der Waals surface area contributed by atoms with E-state index in [0.29, 0.717) is 43.6 Å². The lowest BCUT2D eigenvalue weighted by atomic mass is 9.99. The molecule has 9 rings (SSSR count). The minimum absolute atomic E-state index is 0.0656. The van der Waals surface area contributed by atoms with Gasteiger partial charge in [0.2, 0.25) is 53.2 Å². The van der Waals surface area contributed by atoms with E-state index in [2.05, 4.69) is 176 Å². The summed E-state index contributed by atoms with van der Waals surface area (Å²) in [5.41, 5.74) is 34.7. The van der Waals surface area contributed by atoms with Gasteiger partial charge in [-0.3, -0.25) is 43.2 Å². The number of nitrogens with one attached hydrogen (secondary N) is 10. The lowest BCUT2D eigenvalue weighted by molar-refractivity contribution is -0.137. The molecule has 2 aliphatic rings. The van der Waals surface area contributed by atoms with Crippen LogP contribution in [-0.2, 0) is 43.2 Å². The summed E-state index contributed by atoms with van der Waals surface area (Å²) in [6, 6.07) is 32.2. The average Bonchev–Trinajstić information content (AvgIpc) is 1.61. The highest BCUT2D eigenvalue weighted by Gasteiger charge is 2.36. The molecule has 25 nitrogen and oxygen atoms in total. The van der Waals surface area contributed by atoms with Crippen LogP contribution < -0.4 is 59.7 Å². The summed E-state index contributed by atoms with van der Waals surface area (Å²) in [7, 11) is 0. The Labute approximate surface area is 645 Å². The molecule has 0 radical (unpaired) electrons. The quantitative estimate of drug-likeness (QED) is 0.0165. The summed E-state index contributed by atoms with van der Waals surface area (Å²) in [5.74, 6) is -8.27. The molecule has 5 heterocycles. The summed E-state index contributed by atoms with van der Waals surface area (Å²) < 4.78 is 0. The average molecular weight is 1510 g/mol. The molecule has 0 saturated heterocycles. The number of carbonyl (C=O) groups excluding carboxylic acids is 9. The summed E-state index contributed by atoms with van der Waals surface area (Å²) in [6.45, 7) is 17.1. The van der Waals surface area contributed by atoms with Crippen molar-refractivity contribution in [2.75, 3.05) is 36.5 Å². The van der Waals surface area contributed by atoms with E-state index < -0.39 is 114 Å². The molecule has 0 spiro atoms. The summed E-state index contributed by atoms with van der Waals surface area (Å²) in [6.07, 6.45) is 10.2. The molecular formula is C84H103N15O10S. The maximum atomic E-state index is 14.3. The number of hydrogen-bond donors (Lipinski definition) is 14. The van der Waals surface area contributed by atoms with Gasteiger partial charge in [-0.25, -0.2) is 9.97 Å². The van der Waals surface area contributed by atoms with E-state index in [-0.39, 0.29) is 36.8 Å². The lowest BCUT2D eigenvalue weighted by Gasteiger charge is -2.29. The number of aromatic nitrogens is 4. The molecule has 0 aliphatic carbocycles. The third kappa shape index (κ3) is 21.7. The van der Waals surface area contributed by atoms with Gasteiger partial charge in [-0.2, -0.15) is 0 Å². The maximum absolute atomic E-state index is 14.3. The van der Waals surface area contributed by atoms with Crippen LogP contribution in [0.5, 0.6) is 0 Å². The van der Waals surface area contributed by atoms with Crippen molar-refractivity contribution in [3.05, 3.63) is 161 Å². The first-order chi connectivity index (χ1) is 52.6. The van der Waals surface area contributed by atoms with Crippen LogP contribution >= 0.6 is 11.8 Å². The number of hydrogen-bond acceptors (Lipinski definition) is 15. The Morgan fingerprint density at radius 1 is 0.418 bits per heavy atom. The van der Waals surface area contributed by atoms with Crippen LogP contribution in [0.15, 0.2) is 121 Å². The molecule has 0 saturated carbocycles. The number of amides is 9. The van der Waals surface area contributed by atoms with Crippen molar-refractivity contribution in [3.63, 3.8) is 0 Å². The number of primary amides is 1. The standard InChI is InChI=1S/C84H103N15O10S/c1-46(2)75(78(87)103)97-79(104)67(16-12-14-42-86)95-83(108)76(47(3)4)99-81(106)68(43-100)96-84(109)77(48(5)6)98-80(105)66(15-11-13-41-85)94-82(107)69(88-52(10)101)44-110-45-70(102)89-57-31-29-56(30-32-57)74-64-39-37-62(92-64)72(54-25-19-50(8)20-26-54)60-35-33-58(90-60)71(53-23-17-49(7)18-24-53)59-34-36-61(91-59)73(63-38-40-65(74)93-63)55-27-21-51(9)22-28-55/h17-40,46-48,66-69,75-77,90,93,100H,11-16,41-45,85-86H2,1-10H3,(H2,87,103)(H,88,101)(H,89,102)(H,94,107)(H,95,108)(H,96,109)(H,97,104)(H,98,105)(H,99,106)/t66-,67-,68-,69-,75-,76-,77-/m0/s1. The number of aryl methyl sites for hydroxylation is 3. The highest BCUT2D eigenvalue weighted by molar-refractivity contribution is 8.00. The zero-order valence-electron chi connectivity index (χ0n) is 64.1. The zero-order valence-corrected chi connectivity index (χ0v) is 64.9. The monoisotopic (exact) mass is 1510 g/mol. The molecule has 9 amide bonds. The molecule has 7 aromatic rings. The van der Waals surface area contributed by atoms with Crippen LogP contribution in [0.1, 0.15) is 126 Å². The lowest BCUT2D eigenvalue weighted by Crippen LogP contribution is -2.62. The number of rotatable bonds is 35. The molecule has 7 atom stereocenters. The Balaban J connectivity index is 0.908. The van der Waals surface area contributed by atoms with Crippen LogP contribution in [0.4, 0.5) is 5.69 Å². The van der Waals surface area contributed by atoms with Crippen molar-refractivity contribution >= 4 is 117 Å². The Morgan fingerprint density at radius 3 is 1.08 bits per heavy atom. The summed E-state index contributed by atoms with van der Waals surface area (Å²) in [4.78, 5) is 141. The van der Waals surface area contributed by atoms with Gasteiger partial charge in [-0.1, -0.05) is 143 Å². The molecule has 0 fully saturated rings. The highest BCUT2D eigenvalue weighted by Crippen LogP contribution is 2.39. The Kier molecular flexibility index (Phi) is 29.3. The number of unbranched alkanes of at least 4 members (excludes halogenated alkanes) is 2. The second-order valence-corrected chi connectivity index (χ2v) is 30.1. The number of fused-ring (bicyclic) bond motifs is 8. The minimum atomic E-state index is -1.63. The van der Waals surface area contributed by atoms with Crippen LogP contribution in [0.2, 0.25) is 0 Å². The van der Waals surface area contributed by atoms with Crippen molar-refractivity contribution < 1.29 is 48.3 Å². The summed E-state index contributed by atoms with van der Waals surface area (Å²) >= 11 is 1.08. The predicted molar refractivity (Wildman–Crippen MR) is 437 cm³/mol. The molecular weight excluding hydrogens is 1410 g/mol. The van der Waals surface area contributed by atoms with Gasteiger partial charge in [0.25, 0.3) is 0 Å². The van der Waals surface area contributed by atoms with E-state index in [4.69, 9.17) is 27.2 Å². The third-order valence-corrected chi connectivity index (χ3v) is 20.2. The second-order valence-electron chi connectivity index (χ2n) is 29.0. The van der Waals surface area contributed by atoms with Gasteiger partial charge >= 0.3 is 0 Å². The first-order valence-electron chi connectivity index (χ1n) is 37.4. The molecule has 2 aliphatic heterocycles. The largest absolute Gasteiger partial charge is 0.394 e. The number of aliphatic hydroxyl groups excluding tert-OH is 1. The van der Waals surface area contributed by atoms with Gasteiger partial charge < -0.3 is 74.8 Å². The SMILES string of the molecule is CC(=O)N[C@@H](CSCC(=O)Nc1ccc(-c2c3nc(c(-c4ccc(C)cc4)c4ccc([nH]4)c(-c4ccc(C)cc4)c4nc(c(-c5ccc(C)cc5)c5ccc2[nH]5)C=C4)C=C3)cc1)C(=O)N[C@@H](CCCCN)C(=O)N[C@H](C(=O)N[C@@H](CO)C(=O)N[C@H](C(=O)N[C@@H](CCCCN)C(=O)N[C@H](C(N)=O)C(C)C)C(C)C)C(C)C. The fourth-order valence-electron chi connectivity index (χ4n) is 13.1. The van der Waals surface area contributed by atoms with Gasteiger partial charge in [-0.05, 0) is 173 Å². The third-order valence-electron chi connectivity index (χ3n) is 19.2. The van der Waals surface area contributed by atoms with Crippen molar-refractivity contribution in [2.45, 2.75) is 150 Å². The summed E-state index contributed by atoms with van der Waals surface area (Å²) in [5, 5.41) is 31.9. The van der Waals surface area contributed by atoms with Gasteiger partial charge in [0.15, 0.2) is 0 Å². The molecule has 4 aromatic carbocycles. The van der Waals surface area contributed by atoms with E-state index >= 15 is 0 Å². The van der Waals surface area contributed by atoms with Crippen LogP contribution in [0, 0.1) is 38.5 Å². The zero-order chi connectivity index (χ0) is 79.5. The van der Waals surface area contributed by atoms with Gasteiger partial charge in [-0.15, -0.1) is 11.8 Å². The second kappa shape index (κ2) is 38.8. The van der Waals surface area contributed by atoms with Crippen LogP contribution in [-0.4, -0.2) is 152 Å². The molecule has 17 N–H and O–H groups in total. The fourth-order valence-corrected chi connectivity index (χ4v) is 14.0. The van der Waals surface area contributed by atoms with Gasteiger partial charge in [0, 0.05) is 62.7 Å². The molecule has 26 heteroatoms. The van der Waals surface area contributed by atoms with Gasteiger partial charge in [0.05, 0.1) is 35.1 Å². The van der Waals surface area contributed by atoms with E-state index in [0.717, 1.165) is 112 Å². The topological polar surface area (TPSA) is 406 Å². The van der Waals surface area contributed by atoms with Crippen molar-refractivity contribution in [1.29, 1.82) is 0 Å². The number of benzene rings is 4. The van der Waals surface area contributed by atoms with E-state index in [9.17, 15) is 48.3 Å². The van der Waals surface area contributed by atoms with E-state index in [1.165, 1.54) is 6.92 Å². The fraction of sp³-hybridized carbons (Fsp3) is 0.369. The Hall–Kier alpha value is -11.1. The van der Waals surface area contributed by atoms with E-state index in [1.54, 1.807) is 53.7 Å². The number of aromatic amines is 2. The Morgan fingerprint density at radius 2 is 0.745 bits per heavy atom. The highest BCUT2D eigenvalue weighted by atomic mass is 32.2.